The lowest BCUT2D eigenvalue weighted by Crippen LogP contribution is -2.57. The molecule has 1 aromatic heterocycles. The summed E-state index contributed by atoms with van der Waals surface area (Å²) in [5, 5.41) is 17.0. The first-order valence-corrected chi connectivity index (χ1v) is 5.66. The van der Waals surface area contributed by atoms with Gasteiger partial charge in [0.25, 0.3) is 5.69 Å². The van der Waals surface area contributed by atoms with Crippen LogP contribution in [0.3, 0.4) is 0 Å². The van der Waals surface area contributed by atoms with Crippen molar-refractivity contribution in [3.8, 4) is 5.95 Å². The van der Waals surface area contributed by atoms with Gasteiger partial charge in [0.2, 0.25) is 0 Å². The van der Waals surface area contributed by atoms with Crippen LogP contribution in [0.1, 0.15) is 25.0 Å². The second-order valence-electron chi connectivity index (χ2n) is 4.38. The summed E-state index contributed by atoms with van der Waals surface area (Å²) in [5.74, 6) is -0.334. The number of hydrogen-bond acceptors (Lipinski definition) is 5. The van der Waals surface area contributed by atoms with Gasteiger partial charge in [-0.05, 0) is 25.9 Å². The first-order chi connectivity index (χ1) is 7.68. The highest BCUT2D eigenvalue weighted by molar-refractivity contribution is 5.03. The Kier molecular flexibility index (Phi) is 3.28. The van der Waals surface area contributed by atoms with Gasteiger partial charge in [0.15, 0.2) is 5.95 Å². The minimum Gasteiger partial charge on any atom is -0.539 e. The topological polar surface area (TPSA) is 59.5 Å². The summed E-state index contributed by atoms with van der Waals surface area (Å²) in [7, 11) is 3.67. The van der Waals surface area contributed by atoms with Crippen molar-refractivity contribution in [2.24, 2.45) is 0 Å². The molecular formula is C10H18N4O2. The van der Waals surface area contributed by atoms with E-state index in [9.17, 15) is 5.11 Å². The van der Waals surface area contributed by atoms with E-state index in [0.29, 0.717) is 12.2 Å². The molecule has 0 bridgehead atoms. The van der Waals surface area contributed by atoms with Gasteiger partial charge in [-0.2, -0.15) is 5.01 Å². The molecule has 0 N–H and O–H groups in total. The van der Waals surface area contributed by atoms with Crippen molar-refractivity contribution in [2.45, 2.75) is 25.8 Å². The van der Waals surface area contributed by atoms with E-state index in [1.165, 1.54) is 24.1 Å². The lowest BCUT2D eigenvalue weighted by molar-refractivity contribution is -0.760. The Morgan fingerprint density at radius 2 is 2.06 bits per heavy atom. The maximum absolute atomic E-state index is 11.5. The number of hydrogen-bond donors (Lipinski definition) is 0. The zero-order chi connectivity index (χ0) is 11.5. The fourth-order valence-electron chi connectivity index (χ4n) is 2.03. The summed E-state index contributed by atoms with van der Waals surface area (Å²) in [4.78, 5) is 3.80. The predicted octanol–water partition coefficient (Wildman–Crippen LogP) is -0.781. The summed E-state index contributed by atoms with van der Waals surface area (Å²) in [6.07, 6.45) is 3.71. The Labute approximate surface area is 95.0 Å². The summed E-state index contributed by atoms with van der Waals surface area (Å²) >= 11 is 0. The summed E-state index contributed by atoms with van der Waals surface area (Å²) in [6.45, 7) is 2.73. The molecule has 6 heteroatoms. The molecule has 0 aromatic carbocycles. The van der Waals surface area contributed by atoms with Crippen molar-refractivity contribution in [2.75, 3.05) is 32.2 Å². The summed E-state index contributed by atoms with van der Waals surface area (Å²) in [5.41, 5.74) is 0.604. The molecule has 0 aliphatic carbocycles. The maximum Gasteiger partial charge on any atom is 0.281 e. The molecule has 16 heavy (non-hydrogen) atoms. The van der Waals surface area contributed by atoms with Gasteiger partial charge < -0.3 is 9.63 Å². The molecule has 1 aromatic rings. The van der Waals surface area contributed by atoms with Crippen molar-refractivity contribution in [3.63, 3.8) is 0 Å². The number of nitrogens with zero attached hydrogens (tertiary/aromatic N) is 4. The third kappa shape index (κ3) is 2.27. The Hall–Kier alpha value is -1.30. The zero-order valence-corrected chi connectivity index (χ0v) is 9.85. The highest BCUT2D eigenvalue weighted by Crippen LogP contribution is 2.14. The predicted molar refractivity (Wildman–Crippen MR) is 55.3 cm³/mol. The van der Waals surface area contributed by atoms with E-state index in [1.54, 1.807) is 5.01 Å². The Bertz CT molecular complexity index is 345. The molecule has 0 amide bonds. The van der Waals surface area contributed by atoms with E-state index >= 15 is 0 Å². The lowest BCUT2D eigenvalue weighted by atomic mass is 10.1. The van der Waals surface area contributed by atoms with Crippen LogP contribution in [-0.4, -0.2) is 37.4 Å². The number of likely N-dealkylation sites (tertiary alicyclic amines) is 1. The Balaban J connectivity index is 2.09. The van der Waals surface area contributed by atoms with E-state index in [4.69, 9.17) is 0 Å². The minimum atomic E-state index is -0.334. The SMILES string of the molecule is CN(C)[n+]1noc([O-])c1CN1CCCCC1. The molecule has 1 saturated heterocycles. The van der Waals surface area contributed by atoms with Crippen LogP contribution < -0.4 is 14.9 Å². The van der Waals surface area contributed by atoms with Crippen LogP contribution in [0.25, 0.3) is 0 Å². The number of rotatable bonds is 3. The van der Waals surface area contributed by atoms with Gasteiger partial charge in [0.1, 0.15) is 5.27 Å². The lowest BCUT2D eigenvalue weighted by Gasteiger charge is -2.24. The molecule has 0 spiro atoms. The molecule has 2 rings (SSSR count). The van der Waals surface area contributed by atoms with Crippen molar-refractivity contribution >= 4 is 0 Å². The molecule has 1 aliphatic rings. The van der Waals surface area contributed by atoms with E-state index in [2.05, 4.69) is 14.7 Å². The molecule has 0 atom stereocenters. The van der Waals surface area contributed by atoms with Gasteiger partial charge in [-0.3, -0.25) is 4.90 Å². The van der Waals surface area contributed by atoms with Gasteiger partial charge >= 0.3 is 0 Å². The van der Waals surface area contributed by atoms with E-state index < -0.39 is 0 Å². The summed E-state index contributed by atoms with van der Waals surface area (Å²) < 4.78 is 4.69. The number of aromatic nitrogens is 2. The molecule has 90 valence electrons. The summed E-state index contributed by atoms with van der Waals surface area (Å²) in [6, 6.07) is 0. The Morgan fingerprint density at radius 1 is 1.38 bits per heavy atom. The van der Waals surface area contributed by atoms with Crippen LogP contribution in [0, 0.1) is 0 Å². The third-order valence-electron chi connectivity index (χ3n) is 2.88. The highest BCUT2D eigenvalue weighted by Gasteiger charge is 2.23. The van der Waals surface area contributed by atoms with Gasteiger partial charge in [-0.25, -0.2) is 0 Å². The van der Waals surface area contributed by atoms with Crippen LogP contribution in [0.2, 0.25) is 0 Å². The van der Waals surface area contributed by atoms with E-state index in [1.807, 2.05) is 14.1 Å². The van der Waals surface area contributed by atoms with Gasteiger partial charge in [0.05, 0.1) is 20.6 Å². The smallest absolute Gasteiger partial charge is 0.281 e. The normalized spacial score (nSPS) is 17.6. The fourth-order valence-corrected chi connectivity index (χ4v) is 2.03. The van der Waals surface area contributed by atoms with Crippen LogP contribution in [0.15, 0.2) is 4.52 Å². The van der Waals surface area contributed by atoms with Gasteiger partial charge in [0, 0.05) is 4.79 Å². The Morgan fingerprint density at radius 3 is 2.69 bits per heavy atom. The van der Waals surface area contributed by atoms with Crippen LogP contribution >= 0.6 is 0 Å². The molecule has 2 heterocycles. The molecule has 0 radical (unpaired) electrons. The van der Waals surface area contributed by atoms with Crippen molar-refractivity contribution in [1.29, 1.82) is 0 Å². The second-order valence-corrected chi connectivity index (χ2v) is 4.38. The molecule has 6 nitrogen and oxygen atoms in total. The first kappa shape index (κ1) is 11.2. The third-order valence-corrected chi connectivity index (χ3v) is 2.88. The average molecular weight is 226 g/mol. The van der Waals surface area contributed by atoms with Crippen molar-refractivity contribution in [3.05, 3.63) is 5.69 Å². The van der Waals surface area contributed by atoms with Crippen LogP contribution in [-0.2, 0) is 6.54 Å². The molecule has 0 saturated carbocycles. The molecule has 1 fully saturated rings. The second kappa shape index (κ2) is 4.69. The van der Waals surface area contributed by atoms with Gasteiger partial charge in [-0.15, -0.1) is 0 Å². The molecule has 0 unspecified atom stereocenters. The standard InChI is InChI=1S/C10H18N4O2/c1-12(2)14-9(10(15)16-11-14)8-13-6-4-3-5-7-13/h3-8H2,1-2H3. The largest absolute Gasteiger partial charge is 0.539 e. The monoisotopic (exact) mass is 226 g/mol. The average Bonchev–Trinajstić information content (AvgIpc) is 2.62. The molecular weight excluding hydrogens is 208 g/mol. The minimum absolute atomic E-state index is 0.334. The van der Waals surface area contributed by atoms with Crippen LogP contribution in [0.4, 0.5) is 0 Å². The fraction of sp³-hybridized carbons (Fsp3) is 0.800. The zero-order valence-electron chi connectivity index (χ0n) is 9.85. The quantitative estimate of drug-likeness (QED) is 0.633. The number of piperidine rings is 1. The van der Waals surface area contributed by atoms with Gasteiger partial charge in [-0.1, -0.05) is 6.42 Å². The van der Waals surface area contributed by atoms with Crippen LogP contribution in [0.5, 0.6) is 5.95 Å². The highest BCUT2D eigenvalue weighted by atomic mass is 16.6. The maximum atomic E-state index is 11.5. The molecule has 1 aliphatic heterocycles. The van der Waals surface area contributed by atoms with E-state index in [-0.39, 0.29) is 5.95 Å². The van der Waals surface area contributed by atoms with Crippen molar-refractivity contribution in [1.82, 2.24) is 10.2 Å². The first-order valence-electron chi connectivity index (χ1n) is 5.66. The van der Waals surface area contributed by atoms with E-state index in [0.717, 1.165) is 13.1 Å². The van der Waals surface area contributed by atoms with Crippen molar-refractivity contribution < 1.29 is 14.4 Å².